The number of nitrogens with one attached hydrogen (secondary N) is 2. The van der Waals surface area contributed by atoms with Crippen molar-refractivity contribution in [2.75, 3.05) is 10.6 Å². The topological polar surface area (TPSA) is 66.9 Å². The Morgan fingerprint density at radius 2 is 1.60 bits per heavy atom. The molecular formula is C24H25ClN4O. The molecule has 1 unspecified atom stereocenters. The fourth-order valence-corrected chi connectivity index (χ4v) is 3.85. The molecule has 1 aromatic heterocycles. The molecule has 0 aliphatic heterocycles. The molecule has 1 aliphatic carbocycles. The summed E-state index contributed by atoms with van der Waals surface area (Å²) in [6.07, 6.45) is 1.25. The van der Waals surface area contributed by atoms with Crippen LogP contribution in [0.1, 0.15) is 46.1 Å². The molecule has 0 saturated carbocycles. The van der Waals surface area contributed by atoms with Gasteiger partial charge in [0.1, 0.15) is 5.82 Å². The van der Waals surface area contributed by atoms with E-state index in [1.54, 1.807) is 0 Å². The Hall–Kier alpha value is -2.92. The highest BCUT2D eigenvalue weighted by molar-refractivity contribution is 6.31. The van der Waals surface area contributed by atoms with Gasteiger partial charge in [0.15, 0.2) is 5.78 Å². The minimum absolute atomic E-state index is 0.0715. The number of benzene rings is 2. The van der Waals surface area contributed by atoms with E-state index < -0.39 is 0 Å². The molecule has 3 aromatic rings. The van der Waals surface area contributed by atoms with E-state index in [1.807, 2.05) is 31.2 Å². The Morgan fingerprint density at radius 3 is 2.30 bits per heavy atom. The lowest BCUT2D eigenvalue weighted by molar-refractivity contribution is 0.0953. The van der Waals surface area contributed by atoms with Gasteiger partial charge in [0.2, 0.25) is 5.95 Å². The first kappa shape index (κ1) is 20.4. The lowest BCUT2D eigenvalue weighted by atomic mass is 9.87. The van der Waals surface area contributed by atoms with Crippen molar-refractivity contribution in [1.82, 2.24) is 9.97 Å². The van der Waals surface area contributed by atoms with Crippen LogP contribution in [0.15, 0.2) is 36.4 Å². The zero-order valence-corrected chi connectivity index (χ0v) is 18.4. The van der Waals surface area contributed by atoms with E-state index >= 15 is 0 Å². The van der Waals surface area contributed by atoms with Crippen molar-refractivity contribution in [3.63, 3.8) is 0 Å². The molecule has 154 valence electrons. The van der Waals surface area contributed by atoms with Crippen molar-refractivity contribution in [3.05, 3.63) is 69.4 Å². The van der Waals surface area contributed by atoms with E-state index in [-0.39, 0.29) is 11.7 Å². The Morgan fingerprint density at radius 1 is 0.900 bits per heavy atom. The summed E-state index contributed by atoms with van der Waals surface area (Å²) in [5, 5.41) is 7.26. The number of carbonyl (C=O) groups is 1. The lowest BCUT2D eigenvalue weighted by Crippen LogP contribution is -2.22. The van der Waals surface area contributed by atoms with Crippen LogP contribution in [0.2, 0.25) is 5.02 Å². The SMILES string of the molecule is Cc1ccc(Nc2nc3c(c(Nc4ccc(C)c(Cl)c4)n2)C(=O)CC(C)C3)cc1C. The van der Waals surface area contributed by atoms with E-state index in [4.69, 9.17) is 11.6 Å². The Balaban J connectivity index is 1.75. The molecule has 0 bridgehead atoms. The standard InChI is InChI=1S/C24H25ClN4O/c1-13-9-20-22(21(30)10-13)23(26-18-8-6-15(3)19(25)12-18)29-24(28-20)27-17-7-5-14(2)16(4)11-17/h5-8,11-13H,9-10H2,1-4H3,(H2,26,27,28,29). The molecule has 4 rings (SSSR count). The number of aromatic nitrogens is 2. The van der Waals surface area contributed by atoms with Gasteiger partial charge >= 0.3 is 0 Å². The molecule has 5 nitrogen and oxygen atoms in total. The van der Waals surface area contributed by atoms with Crippen LogP contribution in [-0.2, 0) is 6.42 Å². The van der Waals surface area contributed by atoms with Gasteiger partial charge in [-0.2, -0.15) is 4.98 Å². The molecule has 2 aromatic carbocycles. The molecule has 30 heavy (non-hydrogen) atoms. The van der Waals surface area contributed by atoms with Gasteiger partial charge in [0.05, 0.1) is 11.3 Å². The van der Waals surface area contributed by atoms with Crippen molar-refractivity contribution in [3.8, 4) is 0 Å². The Labute approximate surface area is 181 Å². The lowest BCUT2D eigenvalue weighted by Gasteiger charge is -2.23. The summed E-state index contributed by atoms with van der Waals surface area (Å²) in [4.78, 5) is 22.2. The average molecular weight is 421 g/mol. The van der Waals surface area contributed by atoms with Crippen molar-refractivity contribution in [1.29, 1.82) is 0 Å². The molecule has 0 saturated heterocycles. The third-order valence-corrected chi connectivity index (χ3v) is 5.94. The highest BCUT2D eigenvalue weighted by atomic mass is 35.5. The predicted molar refractivity (Wildman–Crippen MR) is 123 cm³/mol. The van der Waals surface area contributed by atoms with Gasteiger partial charge < -0.3 is 10.6 Å². The number of rotatable bonds is 4. The van der Waals surface area contributed by atoms with E-state index in [2.05, 4.69) is 53.5 Å². The number of ketones is 1. The summed E-state index contributed by atoms with van der Waals surface area (Å²) in [5.41, 5.74) is 6.47. The maximum atomic E-state index is 12.8. The van der Waals surface area contributed by atoms with Gasteiger partial charge in [-0.25, -0.2) is 4.98 Å². The third kappa shape index (κ3) is 4.17. The molecule has 1 heterocycles. The van der Waals surface area contributed by atoms with Gasteiger partial charge in [-0.05, 0) is 74.1 Å². The van der Waals surface area contributed by atoms with Gasteiger partial charge in [-0.3, -0.25) is 4.79 Å². The van der Waals surface area contributed by atoms with Crippen molar-refractivity contribution < 1.29 is 4.79 Å². The molecule has 2 N–H and O–H groups in total. The first-order valence-corrected chi connectivity index (χ1v) is 10.5. The largest absolute Gasteiger partial charge is 0.339 e. The molecular weight excluding hydrogens is 396 g/mol. The number of hydrogen-bond acceptors (Lipinski definition) is 5. The quantitative estimate of drug-likeness (QED) is 0.517. The van der Waals surface area contributed by atoms with Crippen LogP contribution in [0.5, 0.6) is 0 Å². The number of nitrogens with zero attached hydrogens (tertiary/aromatic N) is 2. The molecule has 0 fully saturated rings. The minimum Gasteiger partial charge on any atom is -0.339 e. The summed E-state index contributed by atoms with van der Waals surface area (Å²) in [6.45, 7) is 8.18. The second-order valence-electron chi connectivity index (χ2n) is 8.17. The smallest absolute Gasteiger partial charge is 0.229 e. The number of anilines is 4. The number of halogens is 1. The van der Waals surface area contributed by atoms with Crippen LogP contribution < -0.4 is 10.6 Å². The second kappa shape index (κ2) is 8.07. The zero-order valence-electron chi connectivity index (χ0n) is 17.6. The van der Waals surface area contributed by atoms with Gasteiger partial charge in [-0.15, -0.1) is 0 Å². The fraction of sp³-hybridized carbons (Fsp3) is 0.292. The predicted octanol–water partition coefficient (Wildman–Crippen LogP) is 6.31. The number of fused-ring (bicyclic) bond motifs is 1. The average Bonchev–Trinajstić information content (AvgIpc) is 2.67. The minimum atomic E-state index is 0.0715. The van der Waals surface area contributed by atoms with Crippen molar-refractivity contribution >= 4 is 40.5 Å². The second-order valence-corrected chi connectivity index (χ2v) is 8.57. The fourth-order valence-electron chi connectivity index (χ4n) is 3.67. The van der Waals surface area contributed by atoms with Crippen LogP contribution in [0, 0.1) is 26.7 Å². The first-order chi connectivity index (χ1) is 14.3. The van der Waals surface area contributed by atoms with E-state index in [0.717, 1.165) is 29.1 Å². The van der Waals surface area contributed by atoms with Crippen LogP contribution in [0.4, 0.5) is 23.1 Å². The third-order valence-electron chi connectivity index (χ3n) is 5.54. The Bertz CT molecular complexity index is 1140. The monoisotopic (exact) mass is 420 g/mol. The Kier molecular flexibility index (Phi) is 5.48. The van der Waals surface area contributed by atoms with Crippen LogP contribution in [0.3, 0.4) is 0 Å². The number of hydrogen-bond donors (Lipinski definition) is 2. The molecule has 0 amide bonds. The summed E-state index contributed by atoms with van der Waals surface area (Å²) >= 11 is 6.29. The molecule has 1 atom stereocenters. The molecule has 0 spiro atoms. The van der Waals surface area contributed by atoms with E-state index in [1.165, 1.54) is 11.1 Å². The zero-order chi connectivity index (χ0) is 21.4. The number of aryl methyl sites for hydroxylation is 3. The van der Waals surface area contributed by atoms with E-state index in [9.17, 15) is 4.79 Å². The number of carbonyl (C=O) groups excluding carboxylic acids is 1. The normalized spacial score (nSPS) is 15.6. The summed E-state index contributed by atoms with van der Waals surface area (Å²) in [6, 6.07) is 11.9. The van der Waals surface area contributed by atoms with E-state index in [0.29, 0.717) is 28.8 Å². The summed E-state index contributed by atoms with van der Waals surface area (Å²) in [5.74, 6) is 1.32. The maximum absolute atomic E-state index is 12.8. The summed E-state index contributed by atoms with van der Waals surface area (Å²) < 4.78 is 0. The van der Waals surface area contributed by atoms with Crippen molar-refractivity contribution in [2.45, 2.75) is 40.5 Å². The number of Topliss-reactive ketones (excluding diaryl/α,β-unsaturated/α-hetero) is 1. The summed E-state index contributed by atoms with van der Waals surface area (Å²) in [7, 11) is 0. The molecule has 6 heteroatoms. The van der Waals surface area contributed by atoms with Crippen LogP contribution in [-0.4, -0.2) is 15.8 Å². The maximum Gasteiger partial charge on any atom is 0.229 e. The van der Waals surface area contributed by atoms with Crippen LogP contribution >= 0.6 is 11.6 Å². The van der Waals surface area contributed by atoms with Gasteiger partial charge in [0, 0.05) is 22.8 Å². The van der Waals surface area contributed by atoms with Crippen LogP contribution in [0.25, 0.3) is 0 Å². The van der Waals surface area contributed by atoms with Gasteiger partial charge in [0.25, 0.3) is 0 Å². The highest BCUT2D eigenvalue weighted by Gasteiger charge is 2.28. The highest BCUT2D eigenvalue weighted by Crippen LogP contribution is 2.32. The molecule has 0 radical (unpaired) electrons. The van der Waals surface area contributed by atoms with Gasteiger partial charge in [-0.1, -0.05) is 30.7 Å². The molecule has 1 aliphatic rings. The first-order valence-electron chi connectivity index (χ1n) is 10.1. The van der Waals surface area contributed by atoms with Crippen molar-refractivity contribution in [2.24, 2.45) is 5.92 Å².